The Morgan fingerprint density at radius 1 is 1.43 bits per heavy atom. The molecule has 0 saturated carbocycles. The molecule has 0 fully saturated rings. The number of halogens is 2. The summed E-state index contributed by atoms with van der Waals surface area (Å²) >= 11 is 0. The molecule has 0 aliphatic rings. The second kappa shape index (κ2) is 3.57. The van der Waals surface area contributed by atoms with Gasteiger partial charge in [-0.05, 0) is 0 Å². The zero-order valence-electron chi connectivity index (χ0n) is 6.98. The summed E-state index contributed by atoms with van der Waals surface area (Å²) in [6.07, 6.45) is 2.22. The lowest BCUT2D eigenvalue weighted by Crippen LogP contribution is -2.33. The average Bonchev–Trinajstić information content (AvgIpc) is 2.08. The number of carboxylic acids is 1. The van der Waals surface area contributed by atoms with E-state index < -0.39 is 18.4 Å². The zero-order valence-corrected chi connectivity index (χ0v) is 6.98. The fourth-order valence-corrected chi connectivity index (χ4v) is 0.846. The van der Waals surface area contributed by atoms with Crippen molar-refractivity contribution >= 4 is 5.97 Å². The summed E-state index contributed by atoms with van der Waals surface area (Å²) < 4.78 is 26.2. The summed E-state index contributed by atoms with van der Waals surface area (Å²) in [4.78, 5) is 20.7. The lowest BCUT2D eigenvalue weighted by atomic mass is 10.3. The highest BCUT2D eigenvalue weighted by atomic mass is 19.3. The Morgan fingerprint density at radius 2 is 1.93 bits per heavy atom. The number of rotatable bonds is 3. The predicted molar refractivity (Wildman–Crippen MR) is 43.3 cm³/mol. The van der Waals surface area contributed by atoms with Crippen LogP contribution in [0.4, 0.5) is 8.78 Å². The van der Waals surface area contributed by atoms with Crippen molar-refractivity contribution in [3.05, 3.63) is 34.7 Å². The summed E-state index contributed by atoms with van der Waals surface area (Å²) in [7, 11) is 0. The minimum absolute atomic E-state index is 0.320. The first-order valence-electron chi connectivity index (χ1n) is 3.69. The lowest BCUT2D eigenvalue weighted by Gasteiger charge is -2.12. The average molecular weight is 203 g/mol. The standard InChI is InChI=1S/C8H7F2NO3/c9-8(10,7(13)14)5-11-3-1-6(12)2-4-11/h1-4H,5H2,(H,13,14). The third-order valence-electron chi connectivity index (χ3n) is 1.55. The highest BCUT2D eigenvalue weighted by Gasteiger charge is 2.38. The van der Waals surface area contributed by atoms with Crippen LogP contribution in [0.5, 0.6) is 0 Å². The molecule has 0 aromatic carbocycles. The minimum atomic E-state index is -3.82. The molecule has 0 aliphatic heterocycles. The molecule has 1 rings (SSSR count). The van der Waals surface area contributed by atoms with E-state index in [9.17, 15) is 18.4 Å². The number of aromatic nitrogens is 1. The van der Waals surface area contributed by atoms with Crippen LogP contribution in [0, 0.1) is 0 Å². The molecule has 1 N–H and O–H groups in total. The Labute approximate surface area is 77.4 Å². The molecular formula is C8H7F2NO3. The second-order valence-electron chi connectivity index (χ2n) is 2.72. The predicted octanol–water partition coefficient (Wildman–Crippen LogP) is 0.568. The van der Waals surface area contributed by atoms with Gasteiger partial charge in [0.1, 0.15) is 0 Å². The molecule has 6 heteroatoms. The number of alkyl halides is 2. The monoisotopic (exact) mass is 203 g/mol. The number of carbonyl (C=O) groups is 1. The number of carboxylic acid groups (broad SMARTS) is 1. The topological polar surface area (TPSA) is 59.3 Å². The molecule has 0 unspecified atom stereocenters. The molecule has 0 saturated heterocycles. The van der Waals surface area contributed by atoms with Gasteiger partial charge in [0.15, 0.2) is 5.43 Å². The van der Waals surface area contributed by atoms with Crippen molar-refractivity contribution in [3.8, 4) is 0 Å². The number of hydrogen-bond acceptors (Lipinski definition) is 2. The normalized spacial score (nSPS) is 11.3. The van der Waals surface area contributed by atoms with Gasteiger partial charge in [0.05, 0.1) is 6.54 Å². The Hall–Kier alpha value is -1.72. The van der Waals surface area contributed by atoms with E-state index >= 15 is 0 Å². The third-order valence-corrected chi connectivity index (χ3v) is 1.55. The smallest absolute Gasteiger partial charge is 0.376 e. The van der Waals surface area contributed by atoms with E-state index in [4.69, 9.17) is 5.11 Å². The lowest BCUT2D eigenvalue weighted by molar-refractivity contribution is -0.166. The maximum absolute atomic E-state index is 12.6. The van der Waals surface area contributed by atoms with Crippen molar-refractivity contribution < 1.29 is 18.7 Å². The number of hydrogen-bond donors (Lipinski definition) is 1. The zero-order chi connectivity index (χ0) is 10.8. The van der Waals surface area contributed by atoms with Crippen LogP contribution in [0.15, 0.2) is 29.3 Å². The van der Waals surface area contributed by atoms with Gasteiger partial charge in [0.25, 0.3) is 0 Å². The van der Waals surface area contributed by atoms with Gasteiger partial charge < -0.3 is 9.67 Å². The maximum Gasteiger partial charge on any atom is 0.376 e. The summed E-state index contributed by atoms with van der Waals surface area (Å²) in [5.41, 5.74) is -0.320. The van der Waals surface area contributed by atoms with E-state index in [0.29, 0.717) is 0 Å². The van der Waals surface area contributed by atoms with Gasteiger partial charge in [-0.1, -0.05) is 0 Å². The first kappa shape index (κ1) is 10.4. The van der Waals surface area contributed by atoms with Crippen LogP contribution in [0.1, 0.15) is 0 Å². The molecular weight excluding hydrogens is 196 g/mol. The van der Waals surface area contributed by atoms with E-state index in [1.807, 2.05) is 0 Å². The van der Waals surface area contributed by atoms with Crippen LogP contribution in [0.2, 0.25) is 0 Å². The minimum Gasteiger partial charge on any atom is -0.477 e. The first-order valence-corrected chi connectivity index (χ1v) is 3.69. The molecule has 0 aliphatic carbocycles. The maximum atomic E-state index is 12.6. The molecule has 0 amide bonds. The van der Waals surface area contributed by atoms with E-state index in [-0.39, 0.29) is 5.43 Å². The molecule has 4 nitrogen and oxygen atoms in total. The van der Waals surface area contributed by atoms with Crippen LogP contribution in [0.3, 0.4) is 0 Å². The van der Waals surface area contributed by atoms with Gasteiger partial charge in [-0.2, -0.15) is 8.78 Å². The summed E-state index contributed by atoms with van der Waals surface area (Å²) in [6, 6.07) is 2.16. The van der Waals surface area contributed by atoms with Crippen LogP contribution in [0.25, 0.3) is 0 Å². The molecule has 0 radical (unpaired) electrons. The number of aliphatic carboxylic acids is 1. The van der Waals surface area contributed by atoms with Crippen molar-refractivity contribution in [2.45, 2.75) is 12.5 Å². The van der Waals surface area contributed by atoms with Gasteiger partial charge in [-0.15, -0.1) is 0 Å². The fraction of sp³-hybridized carbons (Fsp3) is 0.250. The Bertz CT molecular complexity index is 379. The fourth-order valence-electron chi connectivity index (χ4n) is 0.846. The molecule has 1 heterocycles. The first-order chi connectivity index (χ1) is 6.42. The van der Waals surface area contributed by atoms with E-state index in [2.05, 4.69) is 0 Å². The van der Waals surface area contributed by atoms with E-state index in [0.717, 1.165) is 29.1 Å². The number of nitrogens with zero attached hydrogens (tertiary/aromatic N) is 1. The largest absolute Gasteiger partial charge is 0.477 e. The van der Waals surface area contributed by atoms with Crippen LogP contribution < -0.4 is 5.43 Å². The molecule has 1 aromatic heterocycles. The highest BCUT2D eigenvalue weighted by Crippen LogP contribution is 2.15. The SMILES string of the molecule is O=C(O)C(F)(F)Cn1ccc(=O)cc1. The van der Waals surface area contributed by atoms with Crippen LogP contribution in [-0.2, 0) is 11.3 Å². The van der Waals surface area contributed by atoms with Gasteiger partial charge in [0.2, 0.25) is 0 Å². The van der Waals surface area contributed by atoms with Gasteiger partial charge in [-0.25, -0.2) is 4.79 Å². The van der Waals surface area contributed by atoms with Crippen molar-refractivity contribution in [2.75, 3.05) is 0 Å². The van der Waals surface area contributed by atoms with Crippen molar-refractivity contribution in [3.63, 3.8) is 0 Å². The van der Waals surface area contributed by atoms with Gasteiger partial charge >= 0.3 is 11.9 Å². The molecule has 0 bridgehead atoms. The van der Waals surface area contributed by atoms with Crippen molar-refractivity contribution in [1.29, 1.82) is 0 Å². The number of pyridine rings is 1. The summed E-state index contributed by atoms with van der Waals surface area (Å²) in [6.45, 7) is -0.984. The molecule has 1 aromatic rings. The van der Waals surface area contributed by atoms with E-state index in [1.165, 1.54) is 0 Å². The Kier molecular flexibility index (Phi) is 2.64. The summed E-state index contributed by atoms with van der Waals surface area (Å²) in [5, 5.41) is 8.13. The third kappa shape index (κ3) is 2.38. The quantitative estimate of drug-likeness (QED) is 0.781. The van der Waals surface area contributed by atoms with Crippen molar-refractivity contribution in [1.82, 2.24) is 4.57 Å². The van der Waals surface area contributed by atoms with E-state index in [1.54, 1.807) is 0 Å². The molecule has 76 valence electrons. The molecule has 0 atom stereocenters. The second-order valence-corrected chi connectivity index (χ2v) is 2.72. The molecule has 0 spiro atoms. The molecule has 14 heavy (non-hydrogen) atoms. The van der Waals surface area contributed by atoms with Crippen LogP contribution >= 0.6 is 0 Å². The Morgan fingerprint density at radius 3 is 2.36 bits per heavy atom. The van der Waals surface area contributed by atoms with Gasteiger partial charge in [0, 0.05) is 24.5 Å². The summed E-state index contributed by atoms with van der Waals surface area (Å²) in [5.74, 6) is -6.01. The highest BCUT2D eigenvalue weighted by molar-refractivity contribution is 5.75. The van der Waals surface area contributed by atoms with Crippen LogP contribution in [-0.4, -0.2) is 21.6 Å². The Balaban J connectivity index is 2.84. The van der Waals surface area contributed by atoms with Gasteiger partial charge in [-0.3, -0.25) is 4.79 Å². The van der Waals surface area contributed by atoms with Crippen molar-refractivity contribution in [2.24, 2.45) is 0 Å².